The monoisotopic (exact) mass is 196 g/mol. The zero-order valence-corrected chi connectivity index (χ0v) is 9.63. The van der Waals surface area contributed by atoms with Crippen molar-refractivity contribution in [2.24, 2.45) is 0 Å². The number of nitrogens with zero attached hydrogens (tertiary/aromatic N) is 1. The molecule has 2 nitrogen and oxygen atoms in total. The molecule has 0 aromatic heterocycles. The minimum atomic E-state index is 0.615. The first-order chi connectivity index (χ1) is 6.74. The summed E-state index contributed by atoms with van der Waals surface area (Å²) in [4.78, 5) is 2.55. The lowest BCUT2D eigenvalue weighted by Crippen LogP contribution is -2.31. The Hall–Kier alpha value is -0.340. The lowest BCUT2D eigenvalue weighted by Gasteiger charge is -2.20. The highest BCUT2D eigenvalue weighted by molar-refractivity contribution is 4.88. The minimum absolute atomic E-state index is 0.615. The van der Waals surface area contributed by atoms with Gasteiger partial charge >= 0.3 is 0 Å². The average molecular weight is 196 g/mol. The van der Waals surface area contributed by atoms with Gasteiger partial charge in [0.25, 0.3) is 0 Å². The molecule has 1 saturated carbocycles. The van der Waals surface area contributed by atoms with Crippen LogP contribution in [0.3, 0.4) is 0 Å². The molecular weight excluding hydrogens is 172 g/mol. The van der Waals surface area contributed by atoms with Gasteiger partial charge in [0.2, 0.25) is 0 Å². The number of hydrogen-bond donors (Lipinski definition) is 1. The summed E-state index contributed by atoms with van der Waals surface area (Å²) in [5.74, 6) is 0. The highest BCUT2D eigenvalue weighted by Crippen LogP contribution is 2.26. The van der Waals surface area contributed by atoms with Gasteiger partial charge in [0.15, 0.2) is 0 Å². The van der Waals surface area contributed by atoms with Crippen molar-refractivity contribution in [2.75, 3.05) is 19.6 Å². The van der Waals surface area contributed by atoms with Crippen molar-refractivity contribution >= 4 is 0 Å². The van der Waals surface area contributed by atoms with Gasteiger partial charge in [-0.1, -0.05) is 19.9 Å². The Morgan fingerprint density at radius 1 is 1.50 bits per heavy atom. The molecule has 2 heteroatoms. The molecule has 0 spiro atoms. The third-order valence-corrected chi connectivity index (χ3v) is 2.60. The number of rotatable bonds is 8. The summed E-state index contributed by atoms with van der Waals surface area (Å²) in [5.41, 5.74) is 0. The van der Waals surface area contributed by atoms with E-state index in [-0.39, 0.29) is 0 Å². The van der Waals surface area contributed by atoms with Crippen LogP contribution in [0.4, 0.5) is 0 Å². The third-order valence-electron chi connectivity index (χ3n) is 2.60. The Balaban J connectivity index is 2.04. The van der Waals surface area contributed by atoms with Gasteiger partial charge in [0.1, 0.15) is 0 Å². The van der Waals surface area contributed by atoms with Crippen molar-refractivity contribution in [1.29, 1.82) is 0 Å². The Kier molecular flexibility index (Phi) is 5.20. The fraction of sp³-hybridized carbons (Fsp3) is 0.833. The predicted octanol–water partition coefficient (Wildman–Crippen LogP) is 2.02. The first-order valence-electron chi connectivity index (χ1n) is 5.82. The molecule has 0 heterocycles. The van der Waals surface area contributed by atoms with Crippen LogP contribution in [0.5, 0.6) is 0 Å². The molecule has 0 aromatic carbocycles. The Morgan fingerprint density at radius 2 is 2.21 bits per heavy atom. The van der Waals surface area contributed by atoms with E-state index in [2.05, 4.69) is 30.6 Å². The SMILES string of the molecule is C=CCN(CCCNC(C)C)C1CC1. The van der Waals surface area contributed by atoms with E-state index in [0.29, 0.717) is 6.04 Å². The fourth-order valence-electron chi connectivity index (χ4n) is 1.70. The third kappa shape index (κ3) is 4.77. The number of hydrogen-bond acceptors (Lipinski definition) is 2. The topological polar surface area (TPSA) is 15.3 Å². The predicted molar refractivity (Wildman–Crippen MR) is 62.5 cm³/mol. The molecule has 0 amide bonds. The van der Waals surface area contributed by atoms with Gasteiger partial charge in [-0.05, 0) is 32.4 Å². The summed E-state index contributed by atoms with van der Waals surface area (Å²) in [6.45, 7) is 11.6. The van der Waals surface area contributed by atoms with Gasteiger partial charge < -0.3 is 5.32 Å². The van der Waals surface area contributed by atoms with E-state index in [1.807, 2.05) is 6.08 Å². The molecule has 82 valence electrons. The van der Waals surface area contributed by atoms with Crippen LogP contribution < -0.4 is 5.32 Å². The summed E-state index contributed by atoms with van der Waals surface area (Å²) in [6, 6.07) is 1.48. The van der Waals surface area contributed by atoms with Crippen LogP contribution in [-0.4, -0.2) is 36.6 Å². The molecule has 0 unspecified atom stereocenters. The first-order valence-corrected chi connectivity index (χ1v) is 5.82. The maximum absolute atomic E-state index is 3.81. The van der Waals surface area contributed by atoms with Crippen molar-refractivity contribution in [3.63, 3.8) is 0 Å². The van der Waals surface area contributed by atoms with E-state index in [1.54, 1.807) is 0 Å². The first kappa shape index (κ1) is 11.7. The summed E-state index contributed by atoms with van der Waals surface area (Å²) in [6.07, 6.45) is 6.06. The van der Waals surface area contributed by atoms with E-state index in [4.69, 9.17) is 0 Å². The van der Waals surface area contributed by atoms with Crippen LogP contribution in [0.2, 0.25) is 0 Å². The Bertz CT molecular complexity index is 162. The zero-order valence-electron chi connectivity index (χ0n) is 9.63. The maximum Gasteiger partial charge on any atom is 0.0163 e. The lowest BCUT2D eigenvalue weighted by atomic mass is 10.3. The quantitative estimate of drug-likeness (QED) is 0.472. The maximum atomic E-state index is 3.81. The van der Waals surface area contributed by atoms with E-state index >= 15 is 0 Å². The summed E-state index contributed by atoms with van der Waals surface area (Å²) < 4.78 is 0. The summed E-state index contributed by atoms with van der Waals surface area (Å²) in [5, 5.41) is 3.45. The van der Waals surface area contributed by atoms with Crippen molar-refractivity contribution in [3.8, 4) is 0 Å². The lowest BCUT2D eigenvalue weighted by molar-refractivity contribution is 0.285. The van der Waals surface area contributed by atoms with Crippen LogP contribution in [0.1, 0.15) is 33.1 Å². The van der Waals surface area contributed by atoms with Crippen molar-refractivity contribution in [1.82, 2.24) is 10.2 Å². The summed E-state index contributed by atoms with van der Waals surface area (Å²) in [7, 11) is 0. The molecule has 0 aromatic rings. The molecule has 0 bridgehead atoms. The van der Waals surface area contributed by atoms with Crippen LogP contribution >= 0.6 is 0 Å². The molecule has 1 N–H and O–H groups in total. The van der Waals surface area contributed by atoms with Gasteiger partial charge in [-0.25, -0.2) is 0 Å². The second kappa shape index (κ2) is 6.20. The van der Waals surface area contributed by atoms with Crippen LogP contribution in [-0.2, 0) is 0 Å². The largest absolute Gasteiger partial charge is 0.314 e. The van der Waals surface area contributed by atoms with Crippen molar-refractivity contribution in [2.45, 2.75) is 45.2 Å². The molecule has 0 atom stereocenters. The van der Waals surface area contributed by atoms with E-state index in [1.165, 1.54) is 25.8 Å². The van der Waals surface area contributed by atoms with Crippen LogP contribution in [0.15, 0.2) is 12.7 Å². The molecule has 1 aliphatic carbocycles. The molecule has 1 rings (SSSR count). The second-order valence-electron chi connectivity index (χ2n) is 4.48. The Labute approximate surface area is 88.4 Å². The van der Waals surface area contributed by atoms with Gasteiger partial charge in [0.05, 0.1) is 0 Å². The van der Waals surface area contributed by atoms with Gasteiger partial charge in [-0.2, -0.15) is 0 Å². The van der Waals surface area contributed by atoms with Crippen molar-refractivity contribution in [3.05, 3.63) is 12.7 Å². The standard InChI is InChI=1S/C12H24N2/c1-4-9-14(12-6-7-12)10-5-8-13-11(2)3/h4,11-13H,1,5-10H2,2-3H3. The minimum Gasteiger partial charge on any atom is -0.314 e. The smallest absolute Gasteiger partial charge is 0.0163 e. The number of nitrogens with one attached hydrogen (secondary N) is 1. The molecule has 0 aliphatic heterocycles. The van der Waals surface area contributed by atoms with Crippen molar-refractivity contribution < 1.29 is 0 Å². The van der Waals surface area contributed by atoms with Gasteiger partial charge in [-0.3, -0.25) is 4.90 Å². The molecule has 0 saturated heterocycles. The average Bonchev–Trinajstić information content (AvgIpc) is 2.93. The normalized spacial score (nSPS) is 16.6. The van der Waals surface area contributed by atoms with Gasteiger partial charge in [0, 0.05) is 18.6 Å². The van der Waals surface area contributed by atoms with E-state index in [9.17, 15) is 0 Å². The second-order valence-corrected chi connectivity index (χ2v) is 4.48. The molecule has 0 radical (unpaired) electrons. The Morgan fingerprint density at radius 3 is 2.71 bits per heavy atom. The molecule has 1 fully saturated rings. The highest BCUT2D eigenvalue weighted by atomic mass is 15.2. The highest BCUT2D eigenvalue weighted by Gasteiger charge is 2.27. The van der Waals surface area contributed by atoms with Gasteiger partial charge in [-0.15, -0.1) is 6.58 Å². The van der Waals surface area contributed by atoms with Crippen LogP contribution in [0.25, 0.3) is 0 Å². The molecule has 14 heavy (non-hydrogen) atoms. The molecular formula is C12H24N2. The fourth-order valence-corrected chi connectivity index (χ4v) is 1.70. The van der Waals surface area contributed by atoms with Crippen LogP contribution in [0, 0.1) is 0 Å². The van der Waals surface area contributed by atoms with E-state index in [0.717, 1.165) is 19.1 Å². The van der Waals surface area contributed by atoms with E-state index < -0.39 is 0 Å². The zero-order chi connectivity index (χ0) is 10.4. The summed E-state index contributed by atoms with van der Waals surface area (Å²) >= 11 is 0. The molecule has 1 aliphatic rings.